The van der Waals surface area contributed by atoms with Gasteiger partial charge in [0.1, 0.15) is 0 Å². The van der Waals surface area contributed by atoms with Crippen LogP contribution >= 0.6 is 0 Å². The highest BCUT2D eigenvalue weighted by Gasteiger charge is 2.28. The fraction of sp³-hybridized carbons (Fsp3) is 1.00. The number of rotatable bonds is 9. The summed E-state index contributed by atoms with van der Waals surface area (Å²) in [4.78, 5) is 5.30. The highest BCUT2D eigenvalue weighted by molar-refractivity contribution is 4.84. The van der Waals surface area contributed by atoms with Gasteiger partial charge in [-0.3, -0.25) is 4.90 Å². The number of likely N-dealkylation sites (tertiary alicyclic amines) is 1. The van der Waals surface area contributed by atoms with Crippen molar-refractivity contribution in [3.05, 3.63) is 0 Å². The normalized spacial score (nSPS) is 25.4. The third-order valence-electron chi connectivity index (χ3n) is 4.56. The molecule has 0 aliphatic carbocycles. The predicted octanol–water partition coefficient (Wildman–Crippen LogP) is 1.56. The van der Waals surface area contributed by atoms with Crippen molar-refractivity contribution in [2.75, 3.05) is 59.0 Å². The zero-order chi connectivity index (χ0) is 14.0. The van der Waals surface area contributed by atoms with Crippen LogP contribution in [0.3, 0.4) is 0 Å². The molecular weight excluding hydrogens is 250 g/mol. The molecule has 0 amide bonds. The van der Waals surface area contributed by atoms with E-state index in [1.54, 1.807) is 0 Å². The van der Waals surface area contributed by atoms with E-state index in [1.807, 2.05) is 0 Å². The maximum absolute atomic E-state index is 5.44. The Kier molecular flexibility index (Phi) is 7.88. The molecule has 1 unspecified atom stereocenters. The lowest BCUT2D eigenvalue weighted by Gasteiger charge is -2.32. The Morgan fingerprint density at radius 3 is 2.70 bits per heavy atom. The molecule has 0 saturated carbocycles. The minimum absolute atomic E-state index is 0.796. The Morgan fingerprint density at radius 1 is 1.05 bits per heavy atom. The molecule has 2 rings (SSSR count). The molecule has 2 aliphatic heterocycles. The molecule has 118 valence electrons. The molecule has 0 bridgehead atoms. The molecule has 4 nitrogen and oxygen atoms in total. The van der Waals surface area contributed by atoms with E-state index in [4.69, 9.17) is 4.74 Å². The van der Waals surface area contributed by atoms with Crippen molar-refractivity contribution >= 4 is 0 Å². The molecule has 2 heterocycles. The first kappa shape index (κ1) is 16.2. The largest absolute Gasteiger partial charge is 0.379 e. The molecular formula is C16H33N3O. The van der Waals surface area contributed by atoms with E-state index < -0.39 is 0 Å². The van der Waals surface area contributed by atoms with Gasteiger partial charge in [0.2, 0.25) is 0 Å². The molecule has 0 aromatic rings. The van der Waals surface area contributed by atoms with E-state index in [1.165, 1.54) is 64.8 Å². The molecule has 1 N–H and O–H groups in total. The molecule has 0 aromatic heterocycles. The highest BCUT2D eigenvalue weighted by Crippen LogP contribution is 2.17. The summed E-state index contributed by atoms with van der Waals surface area (Å²) in [5, 5.41) is 3.48. The lowest BCUT2D eigenvalue weighted by molar-refractivity contribution is 0.0185. The molecule has 1 atom stereocenters. The molecule has 2 fully saturated rings. The maximum atomic E-state index is 5.44. The first-order chi connectivity index (χ1) is 9.90. The lowest BCUT2D eigenvalue weighted by Crippen LogP contribution is -2.44. The van der Waals surface area contributed by atoms with Crippen molar-refractivity contribution in [2.45, 2.75) is 45.1 Å². The number of nitrogens with one attached hydrogen (secondary N) is 1. The van der Waals surface area contributed by atoms with Crippen molar-refractivity contribution in [2.24, 2.45) is 0 Å². The van der Waals surface area contributed by atoms with Crippen molar-refractivity contribution in [3.8, 4) is 0 Å². The average Bonchev–Trinajstić information content (AvgIpc) is 2.96. The molecule has 2 saturated heterocycles. The summed E-state index contributed by atoms with van der Waals surface area (Å²) in [6, 6.07) is 0.796. The van der Waals surface area contributed by atoms with Gasteiger partial charge in [0.25, 0.3) is 0 Å². The Labute approximate surface area is 124 Å². The molecule has 0 radical (unpaired) electrons. The molecule has 0 spiro atoms. The number of hydrogen-bond donors (Lipinski definition) is 1. The van der Waals surface area contributed by atoms with Crippen LogP contribution in [0.4, 0.5) is 0 Å². The van der Waals surface area contributed by atoms with Gasteiger partial charge in [0, 0.05) is 25.7 Å². The van der Waals surface area contributed by atoms with Crippen LogP contribution in [0.15, 0.2) is 0 Å². The number of hydrogen-bond acceptors (Lipinski definition) is 4. The van der Waals surface area contributed by atoms with Gasteiger partial charge >= 0.3 is 0 Å². The standard InChI is InChI=1S/C16H33N3O/c1-2-7-17-8-4-3-5-9-18-10-6-16(15-18)19-11-13-20-14-12-19/h16-17H,2-15H2,1H3. The monoisotopic (exact) mass is 283 g/mol. The number of nitrogens with zero attached hydrogens (tertiary/aromatic N) is 2. The van der Waals surface area contributed by atoms with Crippen molar-refractivity contribution in [1.82, 2.24) is 15.1 Å². The second-order valence-corrected chi connectivity index (χ2v) is 6.20. The summed E-state index contributed by atoms with van der Waals surface area (Å²) in [7, 11) is 0. The van der Waals surface area contributed by atoms with Crippen molar-refractivity contribution < 1.29 is 4.74 Å². The molecule has 0 aromatic carbocycles. The van der Waals surface area contributed by atoms with Crippen molar-refractivity contribution in [3.63, 3.8) is 0 Å². The van der Waals surface area contributed by atoms with Gasteiger partial charge in [-0.05, 0) is 51.9 Å². The quantitative estimate of drug-likeness (QED) is 0.650. The molecule has 4 heteroatoms. The Balaban J connectivity index is 1.48. The Bertz CT molecular complexity index is 244. The van der Waals surface area contributed by atoms with Gasteiger partial charge in [0.15, 0.2) is 0 Å². The van der Waals surface area contributed by atoms with E-state index in [0.29, 0.717) is 0 Å². The van der Waals surface area contributed by atoms with Gasteiger partial charge in [-0.2, -0.15) is 0 Å². The van der Waals surface area contributed by atoms with Crippen LogP contribution in [0.1, 0.15) is 39.0 Å². The smallest absolute Gasteiger partial charge is 0.0594 e. The fourth-order valence-electron chi connectivity index (χ4n) is 3.32. The summed E-state index contributed by atoms with van der Waals surface area (Å²) in [6.07, 6.45) is 6.68. The van der Waals surface area contributed by atoms with Crippen LogP contribution in [-0.4, -0.2) is 74.9 Å². The third-order valence-corrected chi connectivity index (χ3v) is 4.56. The maximum Gasteiger partial charge on any atom is 0.0594 e. The van der Waals surface area contributed by atoms with Gasteiger partial charge in [0.05, 0.1) is 13.2 Å². The van der Waals surface area contributed by atoms with Gasteiger partial charge in [-0.15, -0.1) is 0 Å². The van der Waals surface area contributed by atoms with E-state index >= 15 is 0 Å². The van der Waals surface area contributed by atoms with E-state index in [0.717, 1.165) is 32.3 Å². The predicted molar refractivity (Wildman–Crippen MR) is 84.2 cm³/mol. The Hall–Kier alpha value is -0.160. The minimum Gasteiger partial charge on any atom is -0.379 e. The van der Waals surface area contributed by atoms with Gasteiger partial charge in [-0.25, -0.2) is 0 Å². The van der Waals surface area contributed by atoms with Gasteiger partial charge < -0.3 is 15.0 Å². The van der Waals surface area contributed by atoms with Crippen LogP contribution in [0, 0.1) is 0 Å². The molecule has 20 heavy (non-hydrogen) atoms. The van der Waals surface area contributed by atoms with Crippen LogP contribution in [-0.2, 0) is 4.74 Å². The zero-order valence-electron chi connectivity index (χ0n) is 13.3. The summed E-state index contributed by atoms with van der Waals surface area (Å²) in [5.74, 6) is 0. The zero-order valence-corrected chi connectivity index (χ0v) is 13.3. The van der Waals surface area contributed by atoms with E-state index in [-0.39, 0.29) is 0 Å². The Morgan fingerprint density at radius 2 is 1.90 bits per heavy atom. The summed E-state index contributed by atoms with van der Waals surface area (Å²) in [6.45, 7) is 12.6. The van der Waals surface area contributed by atoms with Crippen LogP contribution < -0.4 is 5.32 Å². The summed E-state index contributed by atoms with van der Waals surface area (Å²) in [5.41, 5.74) is 0. The van der Waals surface area contributed by atoms with Crippen LogP contribution in [0.5, 0.6) is 0 Å². The number of morpholine rings is 1. The highest BCUT2D eigenvalue weighted by atomic mass is 16.5. The van der Waals surface area contributed by atoms with E-state index in [2.05, 4.69) is 22.0 Å². The number of unbranched alkanes of at least 4 members (excludes halogenated alkanes) is 2. The second kappa shape index (κ2) is 9.72. The third kappa shape index (κ3) is 5.68. The first-order valence-corrected chi connectivity index (χ1v) is 8.65. The van der Waals surface area contributed by atoms with Crippen molar-refractivity contribution in [1.29, 1.82) is 0 Å². The minimum atomic E-state index is 0.796. The van der Waals surface area contributed by atoms with Gasteiger partial charge in [-0.1, -0.05) is 13.3 Å². The number of ether oxygens (including phenoxy) is 1. The topological polar surface area (TPSA) is 27.7 Å². The van der Waals surface area contributed by atoms with Crippen LogP contribution in [0.2, 0.25) is 0 Å². The SMILES string of the molecule is CCCNCCCCCN1CCC(N2CCOCC2)C1. The van der Waals surface area contributed by atoms with Crippen LogP contribution in [0.25, 0.3) is 0 Å². The molecule has 2 aliphatic rings. The summed E-state index contributed by atoms with van der Waals surface area (Å²) >= 11 is 0. The fourth-order valence-corrected chi connectivity index (χ4v) is 3.32. The summed E-state index contributed by atoms with van der Waals surface area (Å²) < 4.78 is 5.44. The lowest BCUT2D eigenvalue weighted by atomic mass is 10.2. The van der Waals surface area contributed by atoms with E-state index in [9.17, 15) is 0 Å². The first-order valence-electron chi connectivity index (χ1n) is 8.65. The second-order valence-electron chi connectivity index (χ2n) is 6.20. The average molecular weight is 283 g/mol.